The molecule has 0 saturated carbocycles. The summed E-state index contributed by atoms with van der Waals surface area (Å²) in [6.07, 6.45) is 1.12. The summed E-state index contributed by atoms with van der Waals surface area (Å²) in [5.74, 6) is 0.610. The van der Waals surface area contributed by atoms with E-state index in [-0.39, 0.29) is 0 Å². The SMILES string of the molecule is CCCN(Cc1ccccc1)c1cc(N)ns1. The van der Waals surface area contributed by atoms with Gasteiger partial charge in [-0.2, -0.15) is 4.37 Å². The van der Waals surface area contributed by atoms with E-state index in [0.717, 1.165) is 24.5 Å². The molecule has 2 rings (SSSR count). The van der Waals surface area contributed by atoms with Crippen molar-refractivity contribution < 1.29 is 0 Å². The number of nitrogens with zero attached hydrogens (tertiary/aromatic N) is 2. The van der Waals surface area contributed by atoms with Crippen LogP contribution in [0.4, 0.5) is 10.8 Å². The third-order valence-electron chi connectivity index (χ3n) is 2.54. The Labute approximate surface area is 106 Å². The summed E-state index contributed by atoms with van der Waals surface area (Å²) in [6, 6.07) is 12.4. The number of anilines is 2. The lowest BCUT2D eigenvalue weighted by Gasteiger charge is -2.21. The van der Waals surface area contributed by atoms with Gasteiger partial charge in [0.2, 0.25) is 0 Å². The molecule has 0 amide bonds. The number of benzene rings is 1. The summed E-state index contributed by atoms with van der Waals surface area (Å²) in [5, 5.41) is 1.15. The van der Waals surface area contributed by atoms with Crippen LogP contribution in [0.25, 0.3) is 0 Å². The normalized spacial score (nSPS) is 10.4. The van der Waals surface area contributed by atoms with Crippen molar-refractivity contribution in [3.8, 4) is 0 Å². The Kier molecular flexibility index (Phi) is 3.98. The van der Waals surface area contributed by atoms with Gasteiger partial charge in [0.25, 0.3) is 0 Å². The van der Waals surface area contributed by atoms with E-state index in [9.17, 15) is 0 Å². The van der Waals surface area contributed by atoms with Crippen molar-refractivity contribution in [3.63, 3.8) is 0 Å². The highest BCUT2D eigenvalue weighted by Gasteiger charge is 2.09. The Morgan fingerprint density at radius 3 is 2.65 bits per heavy atom. The molecule has 90 valence electrons. The van der Waals surface area contributed by atoms with Gasteiger partial charge in [-0.3, -0.25) is 0 Å². The van der Waals surface area contributed by atoms with Gasteiger partial charge in [-0.1, -0.05) is 37.3 Å². The number of aromatic nitrogens is 1. The Morgan fingerprint density at radius 1 is 1.29 bits per heavy atom. The zero-order chi connectivity index (χ0) is 12.1. The monoisotopic (exact) mass is 247 g/mol. The lowest BCUT2D eigenvalue weighted by molar-refractivity contribution is 0.774. The Bertz CT molecular complexity index is 453. The quantitative estimate of drug-likeness (QED) is 0.882. The van der Waals surface area contributed by atoms with E-state index in [1.54, 1.807) is 0 Å². The molecule has 17 heavy (non-hydrogen) atoms. The smallest absolute Gasteiger partial charge is 0.139 e. The summed E-state index contributed by atoms with van der Waals surface area (Å²) in [4.78, 5) is 2.32. The van der Waals surface area contributed by atoms with Crippen molar-refractivity contribution in [3.05, 3.63) is 42.0 Å². The molecule has 0 aliphatic heterocycles. The molecule has 0 atom stereocenters. The maximum Gasteiger partial charge on any atom is 0.139 e. The van der Waals surface area contributed by atoms with E-state index in [4.69, 9.17) is 5.73 Å². The first-order valence-electron chi connectivity index (χ1n) is 5.80. The highest BCUT2D eigenvalue weighted by atomic mass is 32.1. The molecule has 1 heterocycles. The fourth-order valence-corrected chi connectivity index (χ4v) is 2.46. The van der Waals surface area contributed by atoms with Crippen LogP contribution in [0.5, 0.6) is 0 Å². The molecule has 0 aliphatic rings. The predicted octanol–water partition coefficient (Wildman–Crippen LogP) is 3.14. The minimum Gasteiger partial charge on any atom is -0.383 e. The Hall–Kier alpha value is -1.55. The second kappa shape index (κ2) is 5.68. The zero-order valence-corrected chi connectivity index (χ0v) is 10.8. The molecule has 0 fully saturated rings. The van der Waals surface area contributed by atoms with Gasteiger partial charge in [-0.25, -0.2) is 0 Å². The van der Waals surface area contributed by atoms with Crippen molar-refractivity contribution in [1.82, 2.24) is 4.37 Å². The average molecular weight is 247 g/mol. The number of hydrogen-bond donors (Lipinski definition) is 1. The second-order valence-corrected chi connectivity index (χ2v) is 4.78. The van der Waals surface area contributed by atoms with E-state index in [2.05, 4.69) is 40.5 Å². The molecule has 0 saturated heterocycles. The van der Waals surface area contributed by atoms with Gasteiger partial charge >= 0.3 is 0 Å². The van der Waals surface area contributed by atoms with E-state index < -0.39 is 0 Å². The topological polar surface area (TPSA) is 42.1 Å². The first-order chi connectivity index (χ1) is 8.29. The van der Waals surface area contributed by atoms with Crippen LogP contribution >= 0.6 is 11.5 Å². The fraction of sp³-hybridized carbons (Fsp3) is 0.308. The molecule has 0 bridgehead atoms. The lowest BCUT2D eigenvalue weighted by Crippen LogP contribution is -2.22. The van der Waals surface area contributed by atoms with Crippen LogP contribution in [0.2, 0.25) is 0 Å². The largest absolute Gasteiger partial charge is 0.383 e. The van der Waals surface area contributed by atoms with Crippen LogP contribution in [0.3, 0.4) is 0 Å². The number of rotatable bonds is 5. The average Bonchev–Trinajstić information content (AvgIpc) is 2.77. The molecule has 0 unspecified atom stereocenters. The highest BCUT2D eigenvalue weighted by molar-refractivity contribution is 7.10. The van der Waals surface area contributed by atoms with Crippen molar-refractivity contribution in [2.45, 2.75) is 19.9 Å². The minimum atomic E-state index is 0.610. The second-order valence-electron chi connectivity index (χ2n) is 4.00. The molecule has 1 aromatic heterocycles. The van der Waals surface area contributed by atoms with Crippen molar-refractivity contribution in [2.75, 3.05) is 17.2 Å². The van der Waals surface area contributed by atoms with Crippen LogP contribution in [-0.4, -0.2) is 10.9 Å². The van der Waals surface area contributed by atoms with Crippen molar-refractivity contribution in [2.24, 2.45) is 0 Å². The first-order valence-corrected chi connectivity index (χ1v) is 6.58. The van der Waals surface area contributed by atoms with Crippen LogP contribution in [-0.2, 0) is 6.54 Å². The number of hydrogen-bond acceptors (Lipinski definition) is 4. The highest BCUT2D eigenvalue weighted by Crippen LogP contribution is 2.24. The molecule has 2 aromatic rings. The lowest BCUT2D eigenvalue weighted by atomic mass is 10.2. The third-order valence-corrected chi connectivity index (χ3v) is 3.40. The molecule has 4 heteroatoms. The van der Waals surface area contributed by atoms with Gasteiger partial charge in [0.05, 0.1) is 0 Å². The third kappa shape index (κ3) is 3.20. The van der Waals surface area contributed by atoms with Gasteiger partial charge < -0.3 is 10.6 Å². The van der Waals surface area contributed by atoms with Crippen LogP contribution in [0.1, 0.15) is 18.9 Å². The molecule has 3 nitrogen and oxygen atoms in total. The minimum absolute atomic E-state index is 0.610. The summed E-state index contributed by atoms with van der Waals surface area (Å²) < 4.78 is 4.14. The molecular weight excluding hydrogens is 230 g/mol. The molecule has 2 N–H and O–H groups in total. The Balaban J connectivity index is 2.13. The van der Waals surface area contributed by atoms with E-state index in [1.807, 2.05) is 12.1 Å². The standard InChI is InChI=1S/C13H17N3S/c1-2-8-16(13-9-12(14)15-17-13)10-11-6-4-3-5-7-11/h3-7,9H,2,8,10H2,1H3,(H2,14,15). The van der Waals surface area contributed by atoms with E-state index >= 15 is 0 Å². The number of nitrogens with two attached hydrogens (primary N) is 1. The first kappa shape index (κ1) is 11.9. The molecule has 0 radical (unpaired) electrons. The van der Waals surface area contributed by atoms with Crippen molar-refractivity contribution >= 4 is 22.4 Å². The van der Waals surface area contributed by atoms with E-state index in [1.165, 1.54) is 17.1 Å². The number of nitrogen functional groups attached to an aromatic ring is 1. The van der Waals surface area contributed by atoms with Gasteiger partial charge in [0, 0.05) is 19.2 Å². The Morgan fingerprint density at radius 2 is 2.06 bits per heavy atom. The maximum absolute atomic E-state index is 5.68. The summed E-state index contributed by atoms with van der Waals surface area (Å²) in [5.41, 5.74) is 6.99. The zero-order valence-electron chi connectivity index (χ0n) is 9.97. The van der Waals surface area contributed by atoms with Gasteiger partial charge in [0.15, 0.2) is 0 Å². The molecule has 1 aromatic carbocycles. The fourth-order valence-electron chi connectivity index (χ4n) is 1.77. The summed E-state index contributed by atoms with van der Waals surface area (Å²) >= 11 is 1.47. The molecule has 0 aliphatic carbocycles. The van der Waals surface area contributed by atoms with Gasteiger partial charge in [-0.05, 0) is 23.5 Å². The van der Waals surface area contributed by atoms with Crippen LogP contribution in [0, 0.1) is 0 Å². The van der Waals surface area contributed by atoms with Crippen molar-refractivity contribution in [1.29, 1.82) is 0 Å². The molecule has 0 spiro atoms. The van der Waals surface area contributed by atoms with Gasteiger partial charge in [0.1, 0.15) is 10.8 Å². The van der Waals surface area contributed by atoms with Crippen LogP contribution < -0.4 is 10.6 Å². The van der Waals surface area contributed by atoms with Gasteiger partial charge in [-0.15, -0.1) is 0 Å². The summed E-state index contributed by atoms with van der Waals surface area (Å²) in [6.45, 7) is 4.12. The molecular formula is C13H17N3S. The summed E-state index contributed by atoms with van der Waals surface area (Å²) in [7, 11) is 0. The van der Waals surface area contributed by atoms with Crippen LogP contribution in [0.15, 0.2) is 36.4 Å². The maximum atomic E-state index is 5.68. The predicted molar refractivity (Wildman–Crippen MR) is 74.3 cm³/mol. The van der Waals surface area contributed by atoms with E-state index in [0.29, 0.717) is 5.82 Å².